The van der Waals surface area contributed by atoms with Gasteiger partial charge in [-0.3, -0.25) is 10.1 Å². The highest BCUT2D eigenvalue weighted by Crippen LogP contribution is 2.24. The number of anilines is 2. The van der Waals surface area contributed by atoms with Crippen LogP contribution in [0.3, 0.4) is 0 Å². The summed E-state index contributed by atoms with van der Waals surface area (Å²) in [4.78, 5) is 15.4. The number of halogens is 1. The van der Waals surface area contributed by atoms with Crippen molar-refractivity contribution in [2.24, 2.45) is 0 Å². The summed E-state index contributed by atoms with van der Waals surface area (Å²) in [6.45, 7) is 0.522. The van der Waals surface area contributed by atoms with E-state index in [0.29, 0.717) is 13.0 Å². The standard InChI is InChI=1S/C11H11ClN4O2S/c12-9-3-1-7(19-9)5-6-14-11-8(16(17)18)2-4-10(13)15-11/h1-4H,5-6H2,(H3,13,14,15). The summed E-state index contributed by atoms with van der Waals surface area (Å²) < 4.78 is 0.725. The molecule has 0 fully saturated rings. The Hall–Kier alpha value is -1.86. The Kier molecular flexibility index (Phi) is 4.18. The van der Waals surface area contributed by atoms with Gasteiger partial charge in [0.15, 0.2) is 0 Å². The predicted molar refractivity (Wildman–Crippen MR) is 76.8 cm³/mol. The topological polar surface area (TPSA) is 94.1 Å². The molecule has 0 aliphatic rings. The van der Waals surface area contributed by atoms with Gasteiger partial charge in [0.25, 0.3) is 0 Å². The molecule has 2 aromatic rings. The molecule has 6 nitrogen and oxygen atoms in total. The maximum absolute atomic E-state index is 10.8. The summed E-state index contributed by atoms with van der Waals surface area (Å²) in [6.07, 6.45) is 0.713. The highest BCUT2D eigenvalue weighted by Gasteiger charge is 2.14. The molecule has 2 rings (SSSR count). The van der Waals surface area contributed by atoms with Gasteiger partial charge in [0.1, 0.15) is 5.82 Å². The van der Waals surface area contributed by atoms with Crippen molar-refractivity contribution in [2.75, 3.05) is 17.6 Å². The smallest absolute Gasteiger partial charge is 0.311 e. The van der Waals surface area contributed by atoms with Gasteiger partial charge >= 0.3 is 5.69 Å². The number of nitrogens with one attached hydrogen (secondary N) is 1. The molecule has 100 valence electrons. The van der Waals surface area contributed by atoms with E-state index in [4.69, 9.17) is 17.3 Å². The second-order valence-corrected chi connectivity index (χ2v) is 5.54. The van der Waals surface area contributed by atoms with E-state index in [1.54, 1.807) is 0 Å². The Labute approximate surface area is 118 Å². The molecular formula is C11H11ClN4O2S. The monoisotopic (exact) mass is 298 g/mol. The average molecular weight is 299 g/mol. The highest BCUT2D eigenvalue weighted by molar-refractivity contribution is 7.16. The first-order valence-corrected chi connectivity index (χ1v) is 6.64. The average Bonchev–Trinajstić information content (AvgIpc) is 2.75. The van der Waals surface area contributed by atoms with Gasteiger partial charge in [-0.2, -0.15) is 0 Å². The quantitative estimate of drug-likeness (QED) is 0.654. The molecule has 3 N–H and O–H groups in total. The molecule has 0 spiro atoms. The van der Waals surface area contributed by atoms with Gasteiger partial charge in [-0.25, -0.2) is 4.98 Å². The van der Waals surface area contributed by atoms with Crippen LogP contribution in [0.4, 0.5) is 17.3 Å². The van der Waals surface area contributed by atoms with Crippen molar-refractivity contribution in [2.45, 2.75) is 6.42 Å². The fraction of sp³-hybridized carbons (Fsp3) is 0.182. The minimum Gasteiger partial charge on any atom is -0.384 e. The lowest BCUT2D eigenvalue weighted by Gasteiger charge is -2.05. The van der Waals surface area contributed by atoms with Crippen molar-refractivity contribution in [3.63, 3.8) is 0 Å². The Morgan fingerprint density at radius 3 is 2.84 bits per heavy atom. The van der Waals surface area contributed by atoms with Crippen LogP contribution in [0, 0.1) is 10.1 Å². The summed E-state index contributed by atoms with van der Waals surface area (Å²) in [5.41, 5.74) is 5.44. The number of nitrogens with two attached hydrogens (primary N) is 1. The number of hydrogen-bond acceptors (Lipinski definition) is 6. The summed E-state index contributed by atoms with van der Waals surface area (Å²) >= 11 is 7.31. The van der Waals surface area contributed by atoms with Gasteiger partial charge in [-0.15, -0.1) is 11.3 Å². The highest BCUT2D eigenvalue weighted by atomic mass is 35.5. The zero-order chi connectivity index (χ0) is 13.8. The van der Waals surface area contributed by atoms with Crippen LogP contribution in [0.2, 0.25) is 4.34 Å². The lowest BCUT2D eigenvalue weighted by atomic mass is 10.3. The number of aromatic nitrogens is 1. The van der Waals surface area contributed by atoms with Crippen LogP contribution in [-0.4, -0.2) is 16.5 Å². The van der Waals surface area contributed by atoms with Crippen molar-refractivity contribution < 1.29 is 4.92 Å². The molecule has 0 saturated carbocycles. The normalized spacial score (nSPS) is 10.4. The van der Waals surface area contributed by atoms with Crippen molar-refractivity contribution >= 4 is 40.3 Å². The van der Waals surface area contributed by atoms with Crippen LogP contribution in [0.5, 0.6) is 0 Å². The van der Waals surface area contributed by atoms with Gasteiger partial charge < -0.3 is 11.1 Å². The first kappa shape index (κ1) is 13.6. The molecular weight excluding hydrogens is 288 g/mol. The van der Waals surface area contributed by atoms with Gasteiger partial charge in [0, 0.05) is 17.5 Å². The number of nitrogen functional groups attached to an aromatic ring is 1. The Bertz CT molecular complexity index is 602. The summed E-state index contributed by atoms with van der Waals surface area (Å²) in [5.74, 6) is 0.430. The van der Waals surface area contributed by atoms with Crippen molar-refractivity contribution in [1.82, 2.24) is 4.98 Å². The molecule has 0 radical (unpaired) electrons. The molecule has 2 aromatic heterocycles. The predicted octanol–water partition coefficient (Wildman–Crippen LogP) is 2.94. The first-order valence-electron chi connectivity index (χ1n) is 5.45. The fourth-order valence-corrected chi connectivity index (χ4v) is 2.62. The lowest BCUT2D eigenvalue weighted by molar-refractivity contribution is -0.384. The molecule has 8 heteroatoms. The molecule has 2 heterocycles. The first-order chi connectivity index (χ1) is 9.06. The zero-order valence-electron chi connectivity index (χ0n) is 9.80. The second kappa shape index (κ2) is 5.85. The van der Waals surface area contributed by atoms with Gasteiger partial charge in [-0.05, 0) is 24.6 Å². The molecule has 0 bridgehead atoms. The Balaban J connectivity index is 2.02. The van der Waals surface area contributed by atoms with Crippen LogP contribution in [0.25, 0.3) is 0 Å². The lowest BCUT2D eigenvalue weighted by Crippen LogP contribution is -2.09. The molecule has 0 amide bonds. The van der Waals surface area contributed by atoms with Crippen LogP contribution in [0.1, 0.15) is 4.88 Å². The number of pyridine rings is 1. The molecule has 0 unspecified atom stereocenters. The van der Waals surface area contributed by atoms with Crippen LogP contribution >= 0.6 is 22.9 Å². The van der Waals surface area contributed by atoms with Crippen LogP contribution in [-0.2, 0) is 6.42 Å². The van der Waals surface area contributed by atoms with Crippen LogP contribution < -0.4 is 11.1 Å². The number of rotatable bonds is 5. The van der Waals surface area contributed by atoms with Crippen molar-refractivity contribution in [3.05, 3.63) is 43.6 Å². The van der Waals surface area contributed by atoms with Crippen LogP contribution in [0.15, 0.2) is 24.3 Å². The zero-order valence-corrected chi connectivity index (χ0v) is 11.4. The van der Waals surface area contributed by atoms with Gasteiger partial charge in [-0.1, -0.05) is 11.6 Å². The minimum absolute atomic E-state index is 0.0848. The minimum atomic E-state index is -0.489. The third-order valence-electron chi connectivity index (χ3n) is 2.38. The van der Waals surface area contributed by atoms with E-state index in [1.165, 1.54) is 23.5 Å². The molecule has 0 atom stereocenters. The van der Waals surface area contributed by atoms with E-state index < -0.39 is 4.92 Å². The second-order valence-electron chi connectivity index (χ2n) is 3.74. The molecule has 0 saturated heterocycles. The van der Waals surface area contributed by atoms with E-state index in [2.05, 4.69) is 10.3 Å². The number of hydrogen-bond donors (Lipinski definition) is 2. The molecule has 0 aliphatic heterocycles. The van der Waals surface area contributed by atoms with E-state index in [1.807, 2.05) is 12.1 Å². The SMILES string of the molecule is Nc1ccc([N+](=O)[O-])c(NCCc2ccc(Cl)s2)n1. The summed E-state index contributed by atoms with van der Waals surface area (Å²) in [6, 6.07) is 6.49. The summed E-state index contributed by atoms with van der Waals surface area (Å²) in [5, 5.41) is 13.8. The molecule has 0 aromatic carbocycles. The third-order valence-corrected chi connectivity index (χ3v) is 3.68. The van der Waals surface area contributed by atoms with Gasteiger partial charge in [0.05, 0.1) is 9.26 Å². The Morgan fingerprint density at radius 2 is 2.21 bits per heavy atom. The maximum atomic E-state index is 10.8. The van der Waals surface area contributed by atoms with E-state index in [0.717, 1.165) is 9.21 Å². The third kappa shape index (κ3) is 3.55. The number of nitrogens with zero attached hydrogens (tertiary/aromatic N) is 2. The van der Waals surface area contributed by atoms with E-state index in [-0.39, 0.29) is 17.3 Å². The van der Waals surface area contributed by atoms with Crippen molar-refractivity contribution in [1.29, 1.82) is 0 Å². The molecule has 0 aliphatic carbocycles. The fourth-order valence-electron chi connectivity index (χ4n) is 1.53. The molecule has 19 heavy (non-hydrogen) atoms. The largest absolute Gasteiger partial charge is 0.384 e. The van der Waals surface area contributed by atoms with E-state index >= 15 is 0 Å². The number of nitro groups is 1. The van der Waals surface area contributed by atoms with E-state index in [9.17, 15) is 10.1 Å². The Morgan fingerprint density at radius 1 is 1.42 bits per heavy atom. The number of thiophene rings is 1. The summed E-state index contributed by atoms with van der Waals surface area (Å²) in [7, 11) is 0. The maximum Gasteiger partial charge on any atom is 0.311 e. The van der Waals surface area contributed by atoms with Gasteiger partial charge in [0.2, 0.25) is 5.82 Å². The van der Waals surface area contributed by atoms with Crippen molar-refractivity contribution in [3.8, 4) is 0 Å².